The SMILES string of the molecule is Cc1ccc(N(CC(=O)O)Cc2occc2Br)cc1. The third kappa shape index (κ3) is 3.61. The zero-order valence-corrected chi connectivity index (χ0v) is 12.1. The number of carboxylic acid groups (broad SMARTS) is 1. The van der Waals surface area contributed by atoms with Gasteiger partial charge in [0.1, 0.15) is 12.3 Å². The van der Waals surface area contributed by atoms with E-state index < -0.39 is 5.97 Å². The van der Waals surface area contributed by atoms with Crippen molar-refractivity contribution in [2.45, 2.75) is 13.5 Å². The zero-order chi connectivity index (χ0) is 13.8. The van der Waals surface area contributed by atoms with Gasteiger partial charge in [-0.25, -0.2) is 0 Å². The summed E-state index contributed by atoms with van der Waals surface area (Å²) in [6.45, 7) is 2.33. The molecule has 4 nitrogen and oxygen atoms in total. The van der Waals surface area contributed by atoms with Gasteiger partial charge < -0.3 is 14.4 Å². The van der Waals surface area contributed by atoms with E-state index in [1.54, 1.807) is 17.2 Å². The zero-order valence-electron chi connectivity index (χ0n) is 10.5. The molecule has 19 heavy (non-hydrogen) atoms. The standard InChI is InChI=1S/C14H14BrNO3/c1-10-2-4-11(5-3-10)16(9-14(17)18)8-13-12(15)6-7-19-13/h2-7H,8-9H2,1H3,(H,17,18). The molecule has 1 aromatic heterocycles. The Balaban J connectivity index is 2.23. The van der Waals surface area contributed by atoms with Crippen LogP contribution in [0.2, 0.25) is 0 Å². The van der Waals surface area contributed by atoms with Crippen molar-refractivity contribution in [3.63, 3.8) is 0 Å². The van der Waals surface area contributed by atoms with E-state index in [1.807, 2.05) is 31.2 Å². The number of carbonyl (C=O) groups is 1. The van der Waals surface area contributed by atoms with Gasteiger partial charge in [0.2, 0.25) is 0 Å². The third-order valence-corrected chi connectivity index (χ3v) is 3.46. The van der Waals surface area contributed by atoms with Crippen molar-refractivity contribution >= 4 is 27.6 Å². The van der Waals surface area contributed by atoms with Crippen LogP contribution in [0, 0.1) is 6.92 Å². The number of benzene rings is 1. The first-order chi connectivity index (χ1) is 9.06. The molecule has 0 unspecified atom stereocenters. The summed E-state index contributed by atoms with van der Waals surface area (Å²) in [5.74, 6) is -0.162. The van der Waals surface area contributed by atoms with Crippen LogP contribution in [-0.2, 0) is 11.3 Å². The Kier molecular flexibility index (Phi) is 4.27. The highest BCUT2D eigenvalue weighted by Crippen LogP contribution is 2.23. The van der Waals surface area contributed by atoms with Crippen LogP contribution in [0.5, 0.6) is 0 Å². The minimum Gasteiger partial charge on any atom is -0.480 e. The van der Waals surface area contributed by atoms with Crippen molar-refractivity contribution in [3.8, 4) is 0 Å². The van der Waals surface area contributed by atoms with E-state index >= 15 is 0 Å². The van der Waals surface area contributed by atoms with Crippen molar-refractivity contribution in [3.05, 3.63) is 52.4 Å². The van der Waals surface area contributed by atoms with Gasteiger partial charge in [0, 0.05) is 5.69 Å². The lowest BCUT2D eigenvalue weighted by Crippen LogP contribution is -2.29. The number of aryl methyl sites for hydroxylation is 1. The molecule has 0 aliphatic carbocycles. The number of rotatable bonds is 5. The Morgan fingerprint density at radius 2 is 2.00 bits per heavy atom. The van der Waals surface area contributed by atoms with E-state index in [4.69, 9.17) is 9.52 Å². The number of anilines is 1. The van der Waals surface area contributed by atoms with Crippen LogP contribution in [0.4, 0.5) is 5.69 Å². The number of hydrogen-bond acceptors (Lipinski definition) is 3. The maximum atomic E-state index is 11.0. The summed E-state index contributed by atoms with van der Waals surface area (Å²) in [4.78, 5) is 12.7. The maximum Gasteiger partial charge on any atom is 0.323 e. The Hall–Kier alpha value is -1.75. The van der Waals surface area contributed by atoms with Gasteiger partial charge in [-0.3, -0.25) is 4.79 Å². The summed E-state index contributed by atoms with van der Waals surface area (Å²) in [6, 6.07) is 9.54. The van der Waals surface area contributed by atoms with E-state index in [0.29, 0.717) is 12.3 Å². The highest BCUT2D eigenvalue weighted by molar-refractivity contribution is 9.10. The van der Waals surface area contributed by atoms with Crippen molar-refractivity contribution < 1.29 is 14.3 Å². The van der Waals surface area contributed by atoms with Gasteiger partial charge in [-0.15, -0.1) is 0 Å². The molecule has 0 saturated carbocycles. The fourth-order valence-electron chi connectivity index (χ4n) is 1.77. The second kappa shape index (κ2) is 5.93. The number of hydrogen-bond donors (Lipinski definition) is 1. The molecule has 0 spiro atoms. The third-order valence-electron chi connectivity index (χ3n) is 2.75. The Morgan fingerprint density at radius 1 is 1.32 bits per heavy atom. The topological polar surface area (TPSA) is 53.7 Å². The van der Waals surface area contributed by atoms with Crippen LogP contribution in [0.25, 0.3) is 0 Å². The predicted octanol–water partition coefficient (Wildman–Crippen LogP) is 3.44. The minimum atomic E-state index is -0.872. The van der Waals surface area contributed by atoms with Crippen molar-refractivity contribution in [1.82, 2.24) is 0 Å². The number of furan rings is 1. The highest BCUT2D eigenvalue weighted by atomic mass is 79.9. The van der Waals surface area contributed by atoms with Crippen LogP contribution < -0.4 is 4.90 Å². The molecular formula is C14H14BrNO3. The quantitative estimate of drug-likeness (QED) is 0.915. The lowest BCUT2D eigenvalue weighted by Gasteiger charge is -2.22. The Labute approximate surface area is 119 Å². The van der Waals surface area contributed by atoms with E-state index in [-0.39, 0.29) is 6.54 Å². The maximum absolute atomic E-state index is 11.0. The van der Waals surface area contributed by atoms with Gasteiger partial charge in [0.05, 0.1) is 17.3 Å². The number of halogens is 1. The van der Waals surface area contributed by atoms with Gasteiger partial charge in [-0.05, 0) is 41.1 Å². The van der Waals surface area contributed by atoms with Crippen LogP contribution >= 0.6 is 15.9 Å². The van der Waals surface area contributed by atoms with Crippen molar-refractivity contribution in [2.75, 3.05) is 11.4 Å². The second-order valence-corrected chi connectivity index (χ2v) is 5.13. The fraction of sp³-hybridized carbons (Fsp3) is 0.214. The molecule has 2 aromatic rings. The average molecular weight is 324 g/mol. The lowest BCUT2D eigenvalue weighted by atomic mass is 10.2. The number of nitrogens with zero attached hydrogens (tertiary/aromatic N) is 1. The molecule has 0 amide bonds. The molecule has 1 N–H and O–H groups in total. The average Bonchev–Trinajstić information content (AvgIpc) is 2.75. The van der Waals surface area contributed by atoms with E-state index in [9.17, 15) is 4.79 Å². The molecule has 0 bridgehead atoms. The molecule has 2 rings (SSSR count). The van der Waals surface area contributed by atoms with Crippen LogP contribution in [-0.4, -0.2) is 17.6 Å². The van der Waals surface area contributed by atoms with E-state index in [1.165, 1.54) is 0 Å². The monoisotopic (exact) mass is 323 g/mol. The molecule has 0 fully saturated rings. The van der Waals surface area contributed by atoms with E-state index in [2.05, 4.69) is 15.9 Å². The summed E-state index contributed by atoms with van der Waals surface area (Å²) in [6.07, 6.45) is 1.58. The first-order valence-electron chi connectivity index (χ1n) is 5.81. The molecule has 0 saturated heterocycles. The molecule has 1 heterocycles. The number of carboxylic acids is 1. The van der Waals surface area contributed by atoms with Gasteiger partial charge in [-0.2, -0.15) is 0 Å². The van der Waals surface area contributed by atoms with Gasteiger partial charge in [-0.1, -0.05) is 17.7 Å². The molecule has 1 aromatic carbocycles. The van der Waals surface area contributed by atoms with Gasteiger partial charge in [0.25, 0.3) is 0 Å². The summed E-state index contributed by atoms with van der Waals surface area (Å²) in [5, 5.41) is 9.01. The molecule has 5 heteroatoms. The Bertz CT molecular complexity index is 562. The largest absolute Gasteiger partial charge is 0.480 e. The second-order valence-electron chi connectivity index (χ2n) is 4.28. The fourth-order valence-corrected chi connectivity index (χ4v) is 2.10. The summed E-state index contributed by atoms with van der Waals surface area (Å²) >= 11 is 3.38. The summed E-state index contributed by atoms with van der Waals surface area (Å²) < 4.78 is 6.18. The summed E-state index contributed by atoms with van der Waals surface area (Å²) in [7, 11) is 0. The smallest absolute Gasteiger partial charge is 0.323 e. The van der Waals surface area contributed by atoms with Gasteiger partial charge in [0.15, 0.2) is 0 Å². The molecule has 100 valence electrons. The van der Waals surface area contributed by atoms with Gasteiger partial charge >= 0.3 is 5.97 Å². The predicted molar refractivity (Wildman–Crippen MR) is 76.3 cm³/mol. The lowest BCUT2D eigenvalue weighted by molar-refractivity contribution is -0.135. The minimum absolute atomic E-state index is 0.0732. The molecule has 0 aliphatic rings. The first-order valence-corrected chi connectivity index (χ1v) is 6.61. The normalized spacial score (nSPS) is 10.4. The Morgan fingerprint density at radius 3 is 2.53 bits per heavy atom. The van der Waals surface area contributed by atoms with Crippen LogP contribution in [0.15, 0.2) is 45.5 Å². The summed E-state index contributed by atoms with van der Waals surface area (Å²) in [5.41, 5.74) is 1.99. The number of aliphatic carboxylic acids is 1. The molecule has 0 radical (unpaired) electrons. The molecule has 0 aliphatic heterocycles. The van der Waals surface area contributed by atoms with Crippen LogP contribution in [0.3, 0.4) is 0 Å². The van der Waals surface area contributed by atoms with Crippen LogP contribution in [0.1, 0.15) is 11.3 Å². The molecular weight excluding hydrogens is 310 g/mol. The van der Waals surface area contributed by atoms with Crippen molar-refractivity contribution in [2.24, 2.45) is 0 Å². The molecule has 0 atom stereocenters. The highest BCUT2D eigenvalue weighted by Gasteiger charge is 2.14. The van der Waals surface area contributed by atoms with E-state index in [0.717, 1.165) is 15.7 Å². The van der Waals surface area contributed by atoms with Crippen molar-refractivity contribution in [1.29, 1.82) is 0 Å². The first kappa shape index (κ1) is 13.7.